The first-order valence-corrected chi connectivity index (χ1v) is 3.99. The van der Waals surface area contributed by atoms with E-state index in [-0.39, 0.29) is 24.4 Å². The molecule has 0 spiro atoms. The largest absolute Gasteiger partial charge is 0.298 e. The highest BCUT2D eigenvalue weighted by Gasteiger charge is 2.46. The molecule has 2 fully saturated rings. The molecule has 1 saturated heterocycles. The van der Waals surface area contributed by atoms with Crippen LogP contribution < -0.4 is 5.32 Å². The van der Waals surface area contributed by atoms with Crippen LogP contribution in [0.4, 0.5) is 0 Å². The summed E-state index contributed by atoms with van der Waals surface area (Å²) in [6.07, 6.45) is -0.198. The molecule has 0 radical (unpaired) electrons. The van der Waals surface area contributed by atoms with Crippen LogP contribution in [0, 0.1) is 11.8 Å². The van der Waals surface area contributed by atoms with Gasteiger partial charge in [0.1, 0.15) is 0 Å². The van der Waals surface area contributed by atoms with Gasteiger partial charge in [0, 0.05) is 0 Å². The van der Waals surface area contributed by atoms with Crippen molar-refractivity contribution in [2.45, 2.75) is 12.8 Å². The summed E-state index contributed by atoms with van der Waals surface area (Å²) >= 11 is 0. The number of piperidine rings is 1. The minimum Gasteiger partial charge on any atom is -0.298 e. The molecular formula is C8H7NO4. The third-order valence-corrected chi connectivity index (χ3v) is 2.48. The lowest BCUT2D eigenvalue weighted by Gasteiger charge is -2.29. The summed E-state index contributed by atoms with van der Waals surface area (Å²) in [5, 5.41) is 2.02. The molecule has 2 rings (SSSR count). The van der Waals surface area contributed by atoms with Crippen molar-refractivity contribution in [1.29, 1.82) is 0 Å². The van der Waals surface area contributed by atoms with Crippen LogP contribution in [-0.2, 0) is 19.2 Å². The van der Waals surface area contributed by atoms with Gasteiger partial charge in [0.05, 0.1) is 18.3 Å². The van der Waals surface area contributed by atoms with Crippen LogP contribution >= 0.6 is 0 Å². The standard InChI is InChI=1S/C8H7NO4/c10-5-2-6(11)4-1-3(5)7(12)9-8(4)13/h3-4H,1-2H2,(H,9,12,13). The van der Waals surface area contributed by atoms with Gasteiger partial charge in [0.25, 0.3) is 0 Å². The Labute approximate surface area is 73.5 Å². The fourth-order valence-electron chi connectivity index (χ4n) is 1.72. The lowest BCUT2D eigenvalue weighted by Crippen LogP contribution is -2.54. The lowest BCUT2D eigenvalue weighted by molar-refractivity contribution is -0.151. The third-order valence-electron chi connectivity index (χ3n) is 2.48. The average Bonchev–Trinajstić information content (AvgIpc) is 2.02. The van der Waals surface area contributed by atoms with Gasteiger partial charge in [-0.3, -0.25) is 24.5 Å². The molecular weight excluding hydrogens is 174 g/mol. The molecule has 2 aliphatic rings. The van der Waals surface area contributed by atoms with Crippen molar-refractivity contribution in [3.63, 3.8) is 0 Å². The topological polar surface area (TPSA) is 80.3 Å². The second-order valence-corrected chi connectivity index (χ2v) is 3.30. The van der Waals surface area contributed by atoms with Gasteiger partial charge in [-0.1, -0.05) is 0 Å². The third kappa shape index (κ3) is 1.07. The van der Waals surface area contributed by atoms with Crippen molar-refractivity contribution < 1.29 is 19.2 Å². The number of carbonyl (C=O) groups excluding carboxylic acids is 4. The molecule has 1 aliphatic carbocycles. The summed E-state index contributed by atoms with van der Waals surface area (Å²) in [6, 6.07) is 0. The predicted molar refractivity (Wildman–Crippen MR) is 39.4 cm³/mol. The number of nitrogens with one attached hydrogen (secondary N) is 1. The zero-order chi connectivity index (χ0) is 9.59. The summed E-state index contributed by atoms with van der Waals surface area (Å²) in [5.74, 6) is -3.41. The fraction of sp³-hybridized carbons (Fsp3) is 0.500. The van der Waals surface area contributed by atoms with Gasteiger partial charge in [-0.2, -0.15) is 0 Å². The molecule has 2 bridgehead atoms. The maximum Gasteiger partial charge on any atom is 0.237 e. The number of carbonyl (C=O) groups is 4. The molecule has 68 valence electrons. The summed E-state index contributed by atoms with van der Waals surface area (Å²) in [5.41, 5.74) is 0. The van der Waals surface area contributed by atoms with Crippen molar-refractivity contribution >= 4 is 23.4 Å². The first-order valence-electron chi connectivity index (χ1n) is 3.99. The Bertz CT molecular complexity index is 273. The molecule has 1 N–H and O–H groups in total. The average molecular weight is 181 g/mol. The van der Waals surface area contributed by atoms with Gasteiger partial charge >= 0.3 is 0 Å². The van der Waals surface area contributed by atoms with E-state index in [0.29, 0.717) is 0 Å². The van der Waals surface area contributed by atoms with Crippen LogP contribution in [-0.4, -0.2) is 23.4 Å². The molecule has 1 aliphatic heterocycles. The van der Waals surface area contributed by atoms with E-state index in [1.807, 2.05) is 5.32 Å². The molecule has 1 saturated carbocycles. The van der Waals surface area contributed by atoms with Crippen LogP contribution in [0.3, 0.4) is 0 Å². The van der Waals surface area contributed by atoms with Gasteiger partial charge in [-0.25, -0.2) is 0 Å². The predicted octanol–water partition coefficient (Wildman–Crippen LogP) is -1.19. The second kappa shape index (κ2) is 2.48. The molecule has 0 aromatic rings. The summed E-state index contributed by atoms with van der Waals surface area (Å²) in [7, 11) is 0. The van der Waals surface area contributed by atoms with E-state index in [4.69, 9.17) is 0 Å². The van der Waals surface area contributed by atoms with Crippen molar-refractivity contribution in [1.82, 2.24) is 5.32 Å². The minimum absolute atomic E-state index is 0.0718. The van der Waals surface area contributed by atoms with Gasteiger partial charge in [0.15, 0.2) is 11.6 Å². The number of hydrogen-bond acceptors (Lipinski definition) is 4. The van der Waals surface area contributed by atoms with E-state index < -0.39 is 23.7 Å². The molecule has 2 atom stereocenters. The summed E-state index contributed by atoms with van der Waals surface area (Å²) in [6.45, 7) is 0. The van der Waals surface area contributed by atoms with Crippen LogP contribution in [0.1, 0.15) is 12.8 Å². The van der Waals surface area contributed by atoms with Gasteiger partial charge in [0.2, 0.25) is 11.8 Å². The maximum atomic E-state index is 11.1. The Morgan fingerprint density at radius 1 is 0.923 bits per heavy atom. The molecule has 13 heavy (non-hydrogen) atoms. The second-order valence-electron chi connectivity index (χ2n) is 3.30. The summed E-state index contributed by atoms with van der Waals surface area (Å²) in [4.78, 5) is 44.4. The van der Waals surface area contributed by atoms with E-state index in [1.165, 1.54) is 0 Å². The first-order chi connectivity index (χ1) is 6.09. The zero-order valence-electron chi connectivity index (χ0n) is 6.70. The van der Waals surface area contributed by atoms with Crippen molar-refractivity contribution in [3.8, 4) is 0 Å². The Morgan fingerprint density at radius 2 is 1.38 bits per heavy atom. The molecule has 5 heteroatoms. The zero-order valence-corrected chi connectivity index (χ0v) is 6.70. The molecule has 2 unspecified atom stereocenters. The van der Waals surface area contributed by atoms with Gasteiger partial charge < -0.3 is 0 Å². The fourth-order valence-corrected chi connectivity index (χ4v) is 1.72. The van der Waals surface area contributed by atoms with Crippen molar-refractivity contribution in [2.24, 2.45) is 11.8 Å². The van der Waals surface area contributed by atoms with Crippen LogP contribution in [0.2, 0.25) is 0 Å². The number of Topliss-reactive ketones (excluding diaryl/α,β-unsaturated/α-hetero) is 2. The smallest absolute Gasteiger partial charge is 0.237 e. The molecule has 1 heterocycles. The van der Waals surface area contributed by atoms with E-state index in [0.717, 1.165) is 0 Å². The van der Waals surface area contributed by atoms with Gasteiger partial charge in [-0.05, 0) is 6.42 Å². The quantitative estimate of drug-likeness (QED) is 0.376. The Balaban J connectivity index is 2.34. The van der Waals surface area contributed by atoms with E-state index in [9.17, 15) is 19.2 Å². The molecule has 2 amide bonds. The Morgan fingerprint density at radius 3 is 1.85 bits per heavy atom. The number of imide groups is 1. The lowest BCUT2D eigenvalue weighted by atomic mass is 9.76. The van der Waals surface area contributed by atoms with Crippen molar-refractivity contribution in [3.05, 3.63) is 0 Å². The van der Waals surface area contributed by atoms with Crippen LogP contribution in [0.25, 0.3) is 0 Å². The van der Waals surface area contributed by atoms with E-state index >= 15 is 0 Å². The molecule has 5 nitrogen and oxygen atoms in total. The number of hydrogen-bond donors (Lipinski definition) is 1. The maximum absolute atomic E-state index is 11.1. The monoisotopic (exact) mass is 181 g/mol. The highest BCUT2D eigenvalue weighted by Crippen LogP contribution is 2.27. The number of rotatable bonds is 0. The highest BCUT2D eigenvalue weighted by atomic mass is 16.2. The van der Waals surface area contributed by atoms with Crippen LogP contribution in [0.15, 0.2) is 0 Å². The molecule has 0 aromatic carbocycles. The minimum atomic E-state index is -0.777. The number of fused-ring (bicyclic) bond motifs is 2. The van der Waals surface area contributed by atoms with E-state index in [2.05, 4.69) is 0 Å². The number of ketones is 2. The van der Waals surface area contributed by atoms with E-state index in [1.54, 1.807) is 0 Å². The summed E-state index contributed by atoms with van der Waals surface area (Å²) < 4.78 is 0. The Kier molecular flexibility index (Phi) is 1.55. The highest BCUT2D eigenvalue weighted by molar-refractivity contribution is 6.23. The Hall–Kier alpha value is -1.52. The SMILES string of the molecule is O=C1CC(=O)C2CC1C(=O)NC2=O. The van der Waals surface area contributed by atoms with Crippen molar-refractivity contribution in [2.75, 3.05) is 0 Å². The molecule has 0 aromatic heterocycles. The number of amides is 2. The van der Waals surface area contributed by atoms with Crippen LogP contribution in [0.5, 0.6) is 0 Å². The first kappa shape index (κ1) is 8.10. The van der Waals surface area contributed by atoms with Gasteiger partial charge in [-0.15, -0.1) is 0 Å². The normalized spacial score (nSPS) is 33.2.